The molecule has 4 N–H and O–H groups in total. The summed E-state index contributed by atoms with van der Waals surface area (Å²) >= 11 is 0. The molecule has 0 aromatic rings. The predicted octanol–water partition coefficient (Wildman–Crippen LogP) is 0.0980. The first-order valence-corrected chi connectivity index (χ1v) is 6.04. The van der Waals surface area contributed by atoms with Gasteiger partial charge in [0.2, 0.25) is 0 Å². The van der Waals surface area contributed by atoms with Gasteiger partial charge in [0.15, 0.2) is 5.57 Å². The van der Waals surface area contributed by atoms with E-state index in [0.717, 1.165) is 5.06 Å². The molecule has 1 amide bonds. The molecule has 0 aliphatic carbocycles. The summed E-state index contributed by atoms with van der Waals surface area (Å²) in [7, 11) is 0. The molecule has 1 saturated heterocycles. The highest BCUT2D eigenvalue weighted by Gasteiger charge is 2.51. The minimum atomic E-state index is -0.950. The zero-order valence-electron chi connectivity index (χ0n) is 11.9. The number of ether oxygens (including phenoxy) is 1. The quantitative estimate of drug-likeness (QED) is 0.291. The number of nitrogens with zero attached hydrogens (tertiary/aromatic N) is 1. The largest absolute Gasteiger partial charge is 0.462 e. The van der Waals surface area contributed by atoms with E-state index in [4.69, 9.17) is 10.5 Å². The third kappa shape index (κ3) is 2.37. The Morgan fingerprint density at radius 3 is 2.21 bits per heavy atom. The average molecular weight is 271 g/mol. The molecule has 1 fully saturated rings. The van der Waals surface area contributed by atoms with Crippen LogP contribution in [-0.2, 0) is 14.3 Å². The maximum absolute atomic E-state index is 11.8. The van der Waals surface area contributed by atoms with E-state index in [-0.39, 0.29) is 18.0 Å². The van der Waals surface area contributed by atoms with Crippen LogP contribution in [0.1, 0.15) is 34.6 Å². The highest BCUT2D eigenvalue weighted by Crippen LogP contribution is 2.37. The maximum atomic E-state index is 11.8. The molecular formula is C12H21N3O4. The standard InChI is InChI=1S/C12H21N3O4/c1-6-19-10(17)7(8(13)16)9-14-11(2,3)12(4,5)15(9)18/h14,18H,6H2,1-5H3,(H2,13,16). The molecular weight excluding hydrogens is 250 g/mol. The van der Waals surface area contributed by atoms with Gasteiger partial charge in [-0.15, -0.1) is 0 Å². The zero-order chi connectivity index (χ0) is 15.0. The van der Waals surface area contributed by atoms with Gasteiger partial charge in [-0.05, 0) is 34.6 Å². The van der Waals surface area contributed by atoms with Crippen molar-refractivity contribution in [1.82, 2.24) is 10.4 Å². The lowest BCUT2D eigenvalue weighted by Crippen LogP contribution is -2.52. The first kappa shape index (κ1) is 15.3. The Labute approximate surface area is 112 Å². The van der Waals surface area contributed by atoms with E-state index >= 15 is 0 Å². The van der Waals surface area contributed by atoms with E-state index in [9.17, 15) is 14.8 Å². The monoisotopic (exact) mass is 271 g/mol. The molecule has 7 heteroatoms. The Balaban J connectivity index is 3.34. The van der Waals surface area contributed by atoms with Crippen LogP contribution in [0.25, 0.3) is 0 Å². The molecule has 0 aromatic carbocycles. The number of esters is 1. The van der Waals surface area contributed by atoms with Gasteiger partial charge in [0, 0.05) is 0 Å². The molecule has 0 saturated carbocycles. The molecule has 0 spiro atoms. The highest BCUT2D eigenvalue weighted by molar-refractivity contribution is 6.16. The third-order valence-corrected chi connectivity index (χ3v) is 3.66. The molecule has 0 aromatic heterocycles. The number of hydrogen-bond acceptors (Lipinski definition) is 6. The van der Waals surface area contributed by atoms with Gasteiger partial charge < -0.3 is 15.8 Å². The van der Waals surface area contributed by atoms with Crippen LogP contribution in [0.3, 0.4) is 0 Å². The van der Waals surface area contributed by atoms with Gasteiger partial charge in [-0.3, -0.25) is 10.0 Å². The molecule has 7 nitrogen and oxygen atoms in total. The van der Waals surface area contributed by atoms with E-state index in [0.29, 0.717) is 0 Å². The van der Waals surface area contributed by atoms with Crippen molar-refractivity contribution in [3.05, 3.63) is 11.4 Å². The van der Waals surface area contributed by atoms with Crippen molar-refractivity contribution in [2.24, 2.45) is 5.73 Å². The lowest BCUT2D eigenvalue weighted by molar-refractivity contribution is -0.143. The maximum Gasteiger partial charge on any atom is 0.347 e. The Bertz CT molecular complexity index is 440. The second-order valence-corrected chi connectivity index (χ2v) is 5.43. The van der Waals surface area contributed by atoms with Crippen LogP contribution < -0.4 is 11.1 Å². The molecule has 1 aliphatic heterocycles. The summed E-state index contributed by atoms with van der Waals surface area (Å²) in [5, 5.41) is 14.0. The SMILES string of the molecule is CCOC(=O)C(C(N)=O)=C1NC(C)(C)C(C)(C)N1O. The summed E-state index contributed by atoms with van der Waals surface area (Å²) in [6.07, 6.45) is 0. The second-order valence-electron chi connectivity index (χ2n) is 5.43. The molecule has 0 radical (unpaired) electrons. The van der Waals surface area contributed by atoms with E-state index in [1.54, 1.807) is 20.8 Å². The van der Waals surface area contributed by atoms with Crippen LogP contribution in [0.5, 0.6) is 0 Å². The summed E-state index contributed by atoms with van der Waals surface area (Å²) in [4.78, 5) is 23.2. The molecule has 108 valence electrons. The summed E-state index contributed by atoms with van der Waals surface area (Å²) in [5.41, 5.74) is 3.53. The second kappa shape index (κ2) is 4.73. The van der Waals surface area contributed by atoms with Crippen LogP contribution in [0, 0.1) is 0 Å². The van der Waals surface area contributed by atoms with E-state index in [2.05, 4.69) is 5.32 Å². The van der Waals surface area contributed by atoms with Crippen molar-refractivity contribution >= 4 is 11.9 Å². The summed E-state index contributed by atoms with van der Waals surface area (Å²) in [5.74, 6) is -1.83. The highest BCUT2D eigenvalue weighted by atomic mass is 16.5. The van der Waals surface area contributed by atoms with Crippen molar-refractivity contribution in [3.8, 4) is 0 Å². The number of nitrogens with one attached hydrogen (secondary N) is 1. The van der Waals surface area contributed by atoms with Gasteiger partial charge in [0.1, 0.15) is 5.82 Å². The first-order chi connectivity index (χ1) is 8.56. The van der Waals surface area contributed by atoms with Gasteiger partial charge in [-0.25, -0.2) is 9.86 Å². The van der Waals surface area contributed by atoms with Crippen molar-refractivity contribution < 1.29 is 19.5 Å². The Morgan fingerprint density at radius 2 is 1.89 bits per heavy atom. The molecule has 0 bridgehead atoms. The number of nitrogens with two attached hydrogens (primary N) is 1. The van der Waals surface area contributed by atoms with E-state index in [1.165, 1.54) is 0 Å². The van der Waals surface area contributed by atoms with E-state index < -0.39 is 23.0 Å². The normalized spacial score (nSPS) is 22.7. The van der Waals surface area contributed by atoms with Crippen LogP contribution >= 0.6 is 0 Å². The third-order valence-electron chi connectivity index (χ3n) is 3.66. The molecule has 0 unspecified atom stereocenters. The number of rotatable bonds is 3. The van der Waals surface area contributed by atoms with Gasteiger partial charge in [0.05, 0.1) is 17.7 Å². The lowest BCUT2D eigenvalue weighted by Gasteiger charge is -2.36. The zero-order valence-corrected chi connectivity index (χ0v) is 11.9. The summed E-state index contributed by atoms with van der Waals surface area (Å²) < 4.78 is 4.79. The number of carbonyl (C=O) groups is 2. The minimum absolute atomic E-state index is 0.0269. The smallest absolute Gasteiger partial charge is 0.347 e. The number of hydroxylamine groups is 2. The Morgan fingerprint density at radius 1 is 1.37 bits per heavy atom. The Kier molecular flexibility index (Phi) is 3.81. The number of hydrogen-bond donors (Lipinski definition) is 3. The summed E-state index contributed by atoms with van der Waals surface area (Å²) in [6, 6.07) is 0. The van der Waals surface area contributed by atoms with Crippen LogP contribution in [0.2, 0.25) is 0 Å². The minimum Gasteiger partial charge on any atom is -0.462 e. The molecule has 1 aliphatic rings. The topological polar surface area (TPSA) is 105 Å². The lowest BCUT2D eigenvalue weighted by atomic mass is 9.84. The molecule has 0 atom stereocenters. The first-order valence-electron chi connectivity index (χ1n) is 6.04. The van der Waals surface area contributed by atoms with Crippen molar-refractivity contribution in [2.45, 2.75) is 45.7 Å². The Hall–Kier alpha value is -1.76. The van der Waals surface area contributed by atoms with Crippen LogP contribution in [-0.4, -0.2) is 39.8 Å². The predicted molar refractivity (Wildman–Crippen MR) is 67.8 cm³/mol. The van der Waals surface area contributed by atoms with Crippen molar-refractivity contribution in [1.29, 1.82) is 0 Å². The van der Waals surface area contributed by atoms with Gasteiger partial charge in [0.25, 0.3) is 5.91 Å². The number of carbonyl (C=O) groups excluding carboxylic acids is 2. The molecule has 1 heterocycles. The molecule has 1 rings (SSSR count). The van der Waals surface area contributed by atoms with Crippen molar-refractivity contribution in [3.63, 3.8) is 0 Å². The van der Waals surface area contributed by atoms with E-state index in [1.807, 2.05) is 13.8 Å². The fraction of sp³-hybridized carbons (Fsp3) is 0.667. The van der Waals surface area contributed by atoms with Crippen LogP contribution in [0.15, 0.2) is 11.4 Å². The van der Waals surface area contributed by atoms with Gasteiger partial charge in [-0.1, -0.05) is 0 Å². The fourth-order valence-corrected chi connectivity index (χ4v) is 1.73. The summed E-state index contributed by atoms with van der Waals surface area (Å²) in [6.45, 7) is 8.96. The number of amides is 1. The average Bonchev–Trinajstić information content (AvgIpc) is 2.39. The molecule has 19 heavy (non-hydrogen) atoms. The van der Waals surface area contributed by atoms with Crippen molar-refractivity contribution in [2.75, 3.05) is 6.61 Å². The fourth-order valence-electron chi connectivity index (χ4n) is 1.73. The van der Waals surface area contributed by atoms with Gasteiger partial charge in [-0.2, -0.15) is 0 Å². The van der Waals surface area contributed by atoms with Crippen LogP contribution in [0.4, 0.5) is 0 Å². The van der Waals surface area contributed by atoms with Gasteiger partial charge >= 0.3 is 5.97 Å². The number of primary amides is 1.